The average Bonchev–Trinajstić information content (AvgIpc) is 3.40. The zero-order chi connectivity index (χ0) is 49.3. The highest BCUT2D eigenvalue weighted by molar-refractivity contribution is 5.73. The van der Waals surface area contributed by atoms with Crippen LogP contribution in [0.3, 0.4) is 0 Å². The van der Waals surface area contributed by atoms with Crippen molar-refractivity contribution in [3.8, 4) is 0 Å². The molecule has 3 saturated heterocycles. The maximum absolute atomic E-state index is 15.3. The Labute approximate surface area is 419 Å². The van der Waals surface area contributed by atoms with Crippen LogP contribution in [0.2, 0.25) is 0 Å². The van der Waals surface area contributed by atoms with Crippen LogP contribution < -0.4 is 15.1 Å². The minimum Gasteiger partial charge on any atom is -0.445 e. The molecule has 1 N–H and O–H groups in total. The monoisotopic (exact) mass is 973 g/mol. The molecule has 1 amide bonds. The zero-order valence-corrected chi connectivity index (χ0v) is 43.2. The van der Waals surface area contributed by atoms with Gasteiger partial charge < -0.3 is 43.7 Å². The lowest BCUT2D eigenvalue weighted by Gasteiger charge is -2.37. The van der Waals surface area contributed by atoms with Crippen molar-refractivity contribution in [1.82, 2.24) is 10.2 Å². The van der Waals surface area contributed by atoms with Crippen LogP contribution in [0.15, 0.2) is 72.8 Å². The van der Waals surface area contributed by atoms with Gasteiger partial charge in [-0.1, -0.05) is 95.9 Å². The van der Waals surface area contributed by atoms with E-state index in [0.29, 0.717) is 42.8 Å². The van der Waals surface area contributed by atoms with Crippen molar-refractivity contribution in [3.63, 3.8) is 0 Å². The van der Waals surface area contributed by atoms with E-state index in [9.17, 15) is 9.18 Å². The van der Waals surface area contributed by atoms with Crippen molar-refractivity contribution in [2.24, 2.45) is 11.8 Å². The highest BCUT2D eigenvalue weighted by Crippen LogP contribution is 2.34. The lowest BCUT2D eigenvalue weighted by atomic mass is 9.89. The number of rotatable bonds is 24. The molecule has 4 aliphatic heterocycles. The number of halogens is 2. The molecule has 0 spiro atoms. The molecule has 70 heavy (non-hydrogen) atoms. The molecule has 4 aliphatic rings. The number of benzene rings is 3. The Morgan fingerprint density at radius 1 is 0.629 bits per heavy atom. The third kappa shape index (κ3) is 17.3. The molecular weight excluding hydrogens is 887 g/mol. The smallest absolute Gasteiger partial charge is 0.410 e. The minimum atomic E-state index is -0.341. The number of carbonyl (C=O) groups excluding carboxylic acids is 1. The topological polar surface area (TPSA) is 85.0 Å². The lowest BCUT2D eigenvalue weighted by molar-refractivity contribution is -0.177. The number of amides is 1. The first-order valence-corrected chi connectivity index (χ1v) is 27.2. The Kier molecular flexibility index (Phi) is 24.3. The minimum absolute atomic E-state index is 0.0369. The fourth-order valence-electron chi connectivity index (χ4n) is 9.90. The van der Waals surface area contributed by atoms with E-state index in [1.165, 1.54) is 0 Å². The van der Waals surface area contributed by atoms with Gasteiger partial charge in [0.25, 0.3) is 0 Å². The van der Waals surface area contributed by atoms with Gasteiger partial charge in [0, 0.05) is 94.5 Å². The van der Waals surface area contributed by atoms with Gasteiger partial charge in [0.15, 0.2) is 12.6 Å². The van der Waals surface area contributed by atoms with E-state index in [0.717, 1.165) is 184 Å². The number of hydrogen-bond donors (Lipinski definition) is 1. The van der Waals surface area contributed by atoms with Crippen LogP contribution in [-0.2, 0) is 30.3 Å². The lowest BCUT2D eigenvalue weighted by Crippen LogP contribution is -2.40. The third-order valence-corrected chi connectivity index (χ3v) is 14.4. The van der Waals surface area contributed by atoms with Gasteiger partial charge >= 0.3 is 6.09 Å². The van der Waals surface area contributed by atoms with Gasteiger partial charge in [-0.15, -0.1) is 0 Å². The van der Waals surface area contributed by atoms with Crippen LogP contribution >= 0.6 is 0 Å². The molecule has 3 fully saturated rings. The van der Waals surface area contributed by atoms with Crippen LogP contribution in [0, 0.1) is 23.5 Å². The van der Waals surface area contributed by atoms with Crippen LogP contribution in [0.1, 0.15) is 147 Å². The fourth-order valence-corrected chi connectivity index (χ4v) is 9.90. The molecule has 388 valence electrons. The van der Waals surface area contributed by atoms with E-state index in [1.54, 1.807) is 17.0 Å². The van der Waals surface area contributed by atoms with Gasteiger partial charge in [-0.2, -0.15) is 0 Å². The second-order valence-corrected chi connectivity index (χ2v) is 19.6. The molecular formula is C58H86F2N4O6. The van der Waals surface area contributed by atoms with E-state index in [1.807, 2.05) is 54.6 Å². The molecule has 0 radical (unpaired) electrons. The molecule has 7 rings (SSSR count). The van der Waals surface area contributed by atoms with Crippen molar-refractivity contribution >= 4 is 23.0 Å². The van der Waals surface area contributed by atoms with Crippen molar-refractivity contribution in [1.29, 1.82) is 0 Å². The van der Waals surface area contributed by atoms with E-state index in [2.05, 4.69) is 48.9 Å². The van der Waals surface area contributed by atoms with E-state index < -0.39 is 0 Å². The van der Waals surface area contributed by atoms with Crippen molar-refractivity contribution in [3.05, 3.63) is 101 Å². The van der Waals surface area contributed by atoms with E-state index >= 15 is 4.39 Å². The summed E-state index contributed by atoms with van der Waals surface area (Å²) in [4.78, 5) is 18.7. The normalized spacial score (nSPS) is 17.5. The van der Waals surface area contributed by atoms with Gasteiger partial charge in [-0.25, -0.2) is 13.6 Å². The largest absolute Gasteiger partial charge is 0.445 e. The number of hydrogen-bond acceptors (Lipinski definition) is 9. The Bertz CT molecular complexity index is 1950. The summed E-state index contributed by atoms with van der Waals surface area (Å²) in [7, 11) is 0. The first-order valence-electron chi connectivity index (χ1n) is 27.2. The number of nitrogens with one attached hydrogen (secondary N) is 1. The number of nitrogens with zero attached hydrogens (tertiary/aromatic N) is 3. The quantitative estimate of drug-likeness (QED) is 0.0697. The van der Waals surface area contributed by atoms with Gasteiger partial charge in [-0.05, 0) is 137 Å². The highest BCUT2D eigenvalue weighted by atomic mass is 19.1. The molecule has 12 heteroatoms. The summed E-state index contributed by atoms with van der Waals surface area (Å²) in [6, 6.07) is 21.1. The Morgan fingerprint density at radius 2 is 1.13 bits per heavy atom. The van der Waals surface area contributed by atoms with E-state index in [-0.39, 0.29) is 36.9 Å². The summed E-state index contributed by atoms with van der Waals surface area (Å²) in [6.45, 7) is 18.5. The summed E-state index contributed by atoms with van der Waals surface area (Å²) < 4.78 is 60.1. The first-order chi connectivity index (χ1) is 34.3. The fraction of sp³-hybridized carbons (Fsp3) is 0.638. The molecule has 0 atom stereocenters. The Balaban J connectivity index is 0.000000239. The summed E-state index contributed by atoms with van der Waals surface area (Å²) in [5.41, 5.74) is 5.33. The summed E-state index contributed by atoms with van der Waals surface area (Å²) in [5, 5.41) is 3.36. The number of ether oxygens (including phenoxy) is 5. The predicted octanol–water partition coefficient (Wildman–Crippen LogP) is 12.9. The van der Waals surface area contributed by atoms with Crippen molar-refractivity contribution in [2.45, 2.75) is 149 Å². The molecule has 0 saturated carbocycles. The summed E-state index contributed by atoms with van der Waals surface area (Å²) >= 11 is 0. The van der Waals surface area contributed by atoms with Crippen LogP contribution in [-0.4, -0.2) is 102 Å². The zero-order valence-electron chi connectivity index (χ0n) is 43.2. The second kappa shape index (κ2) is 30.7. The molecule has 0 unspecified atom stereocenters. The van der Waals surface area contributed by atoms with Crippen LogP contribution in [0.5, 0.6) is 0 Å². The maximum Gasteiger partial charge on any atom is 0.410 e. The Hall–Kier alpha value is -4.07. The van der Waals surface area contributed by atoms with Crippen molar-refractivity contribution < 1.29 is 37.3 Å². The SMILES string of the molecule is CCCCOC(OCCCC)C1CCN(c2ccc(C3=CCN(C(=O)OCc4ccccc4)CC3)c(F)c2)CC1.CCCCOC(OCCCC)C1CCN(c2ccc(C3CCNCC3)c(F)c2)CC1. The molecule has 0 aliphatic carbocycles. The maximum atomic E-state index is 15.3. The van der Waals surface area contributed by atoms with E-state index in [4.69, 9.17) is 23.7 Å². The van der Waals surface area contributed by atoms with Gasteiger partial charge in [0.05, 0.1) is 0 Å². The summed E-state index contributed by atoms with van der Waals surface area (Å²) in [6.07, 6.45) is 16.7. The number of carbonyl (C=O) groups is 1. The Morgan fingerprint density at radius 3 is 1.59 bits per heavy atom. The standard InChI is InChI=1S/C33H45FN2O4.C25H41FN2O2/c1-3-5-22-38-32(39-23-6-4-2)28-16-18-35(19-17-28)29-12-13-30(31(34)24-29)27-14-20-36(21-15-27)33(37)40-25-26-10-8-7-9-11-26;1-3-5-17-29-25(30-18-6-4-2)21-11-15-28(16-12-21)22-7-8-23(24(26)19-22)20-9-13-27-14-10-20/h7-14,24,28,32H,3-6,15-23,25H2,1-2H3;7-8,19-21,25,27H,3-6,9-18H2,1-2H3. The van der Waals surface area contributed by atoms with Crippen LogP contribution in [0.4, 0.5) is 25.0 Å². The highest BCUT2D eigenvalue weighted by Gasteiger charge is 2.31. The molecule has 0 bridgehead atoms. The molecule has 0 aromatic heterocycles. The predicted molar refractivity (Wildman–Crippen MR) is 279 cm³/mol. The first kappa shape index (κ1) is 55.2. The third-order valence-electron chi connectivity index (χ3n) is 14.4. The molecule has 4 heterocycles. The van der Waals surface area contributed by atoms with Crippen LogP contribution in [0.25, 0.3) is 5.57 Å². The van der Waals surface area contributed by atoms with Crippen molar-refractivity contribution in [2.75, 3.05) is 88.6 Å². The molecule has 3 aromatic carbocycles. The molecule has 3 aromatic rings. The second-order valence-electron chi connectivity index (χ2n) is 19.6. The summed E-state index contributed by atoms with van der Waals surface area (Å²) in [5.74, 6) is 0.893. The molecule has 10 nitrogen and oxygen atoms in total. The number of piperidine rings is 3. The van der Waals surface area contributed by atoms with Gasteiger partial charge in [0.1, 0.15) is 18.2 Å². The number of unbranched alkanes of at least 4 members (excludes halogenated alkanes) is 4. The number of anilines is 2. The van der Waals surface area contributed by atoms with Gasteiger partial charge in [-0.3, -0.25) is 0 Å². The van der Waals surface area contributed by atoms with Gasteiger partial charge in [0.2, 0.25) is 0 Å². The average molecular weight is 973 g/mol.